The Morgan fingerprint density at radius 2 is 1.50 bits per heavy atom. The molecule has 9 atom stereocenters. The highest BCUT2D eigenvalue weighted by molar-refractivity contribution is 5.09. The van der Waals surface area contributed by atoms with Crippen molar-refractivity contribution in [3.05, 3.63) is 0 Å². The van der Waals surface area contributed by atoms with Crippen LogP contribution >= 0.6 is 0 Å². The zero-order valence-electron chi connectivity index (χ0n) is 18.8. The van der Waals surface area contributed by atoms with Gasteiger partial charge in [0.1, 0.15) is 0 Å². The lowest BCUT2D eigenvalue weighted by molar-refractivity contribution is -0.129. The molecule has 4 aliphatic rings. The first kappa shape index (κ1) is 22.6. The van der Waals surface area contributed by atoms with Gasteiger partial charge in [0.15, 0.2) is 0 Å². The lowest BCUT2D eigenvalue weighted by Crippen LogP contribution is -2.54. The third-order valence-electron chi connectivity index (χ3n) is 10.6. The minimum Gasteiger partial charge on any atom is -0.393 e. The van der Waals surface area contributed by atoms with Crippen LogP contribution in [0.3, 0.4) is 0 Å². The second-order valence-corrected chi connectivity index (χ2v) is 12.3. The molecule has 4 saturated carbocycles. The molecule has 1 nitrogen and oxygen atoms in total. The summed E-state index contributed by atoms with van der Waals surface area (Å²) in [5.41, 5.74) is 1.15. The Labute approximate surface area is 176 Å². The Morgan fingerprint density at radius 1 is 0.821 bits per heavy atom. The summed E-state index contributed by atoms with van der Waals surface area (Å²) in [4.78, 5) is 0. The smallest absolute Gasteiger partial charge is 0.0543 e. The lowest BCUT2D eigenvalue weighted by Gasteiger charge is -2.61. The summed E-state index contributed by atoms with van der Waals surface area (Å²) in [6.45, 7) is 12.7. The Kier molecular flexibility index (Phi) is 6.66. The molecule has 0 aromatic rings. The quantitative estimate of drug-likeness (QED) is 0.521. The Bertz CT molecular complexity index is 526. The molecule has 164 valence electrons. The highest BCUT2D eigenvalue weighted by Gasteiger charge is 2.60. The van der Waals surface area contributed by atoms with Gasteiger partial charge in [0.25, 0.3) is 0 Å². The monoisotopic (exact) mass is 390 g/mol. The van der Waals surface area contributed by atoms with E-state index in [1.54, 1.807) is 0 Å². The summed E-state index contributed by atoms with van der Waals surface area (Å²) in [6, 6.07) is 0. The van der Waals surface area contributed by atoms with Crippen LogP contribution in [0, 0.1) is 52.3 Å². The van der Waals surface area contributed by atoms with Gasteiger partial charge in [0.2, 0.25) is 0 Å². The van der Waals surface area contributed by atoms with Crippen LogP contribution in [0.4, 0.5) is 0 Å². The number of aliphatic hydroxyl groups is 1. The second-order valence-electron chi connectivity index (χ2n) is 12.3. The van der Waals surface area contributed by atoms with E-state index in [1.807, 2.05) is 0 Å². The van der Waals surface area contributed by atoms with Crippen molar-refractivity contribution in [2.24, 2.45) is 52.3 Å². The van der Waals surface area contributed by atoms with Gasteiger partial charge in [-0.15, -0.1) is 0 Å². The van der Waals surface area contributed by atoms with Crippen LogP contribution in [-0.4, -0.2) is 11.2 Å². The van der Waals surface area contributed by atoms with Gasteiger partial charge in [-0.2, -0.15) is 0 Å². The van der Waals surface area contributed by atoms with E-state index in [2.05, 4.69) is 34.6 Å². The molecule has 4 aliphatic carbocycles. The molecule has 1 N–H and O–H groups in total. The molecule has 0 spiro atoms. The lowest BCUT2D eigenvalue weighted by atomic mass is 9.44. The van der Waals surface area contributed by atoms with Crippen molar-refractivity contribution >= 4 is 0 Å². The minimum absolute atomic E-state index is 0. The molecule has 4 fully saturated rings. The molecule has 0 bridgehead atoms. The van der Waals surface area contributed by atoms with Crippen molar-refractivity contribution in [3.63, 3.8) is 0 Å². The number of hydrogen-bond acceptors (Lipinski definition) is 1. The molecule has 0 amide bonds. The van der Waals surface area contributed by atoms with Gasteiger partial charge >= 0.3 is 0 Å². The zero-order valence-corrected chi connectivity index (χ0v) is 18.8. The Hall–Kier alpha value is -0.0400. The molecule has 0 aliphatic heterocycles. The van der Waals surface area contributed by atoms with Gasteiger partial charge < -0.3 is 5.11 Å². The first-order chi connectivity index (χ1) is 12.8. The third-order valence-corrected chi connectivity index (χ3v) is 10.6. The van der Waals surface area contributed by atoms with Gasteiger partial charge in [0.05, 0.1) is 6.10 Å². The van der Waals surface area contributed by atoms with E-state index < -0.39 is 0 Å². The van der Waals surface area contributed by atoms with E-state index in [-0.39, 0.29) is 13.5 Å². The normalized spacial score (nSPS) is 49.0. The van der Waals surface area contributed by atoms with Crippen molar-refractivity contribution in [2.45, 2.75) is 119 Å². The number of aliphatic hydroxyl groups excluding tert-OH is 1. The Balaban J connectivity index is 0.00000225. The summed E-state index contributed by atoms with van der Waals surface area (Å²) >= 11 is 0. The van der Waals surface area contributed by atoms with Crippen molar-refractivity contribution in [3.8, 4) is 0 Å². The molecule has 0 heterocycles. The minimum atomic E-state index is -0.00820. The van der Waals surface area contributed by atoms with E-state index in [1.165, 1.54) is 57.8 Å². The first-order valence-corrected chi connectivity index (χ1v) is 12.4. The summed E-state index contributed by atoms with van der Waals surface area (Å²) in [5, 5.41) is 10.2. The van der Waals surface area contributed by atoms with E-state index in [9.17, 15) is 5.11 Å². The maximum Gasteiger partial charge on any atom is 0.0543 e. The number of hydrogen-bond donors (Lipinski definition) is 1. The molecule has 0 unspecified atom stereocenters. The predicted molar refractivity (Wildman–Crippen MR) is 121 cm³/mol. The molecule has 0 aromatic heterocycles. The van der Waals surface area contributed by atoms with Crippen molar-refractivity contribution in [1.82, 2.24) is 0 Å². The number of rotatable bonds is 4. The fourth-order valence-corrected chi connectivity index (χ4v) is 9.01. The average Bonchev–Trinajstić information content (AvgIpc) is 2.97. The van der Waals surface area contributed by atoms with Crippen LogP contribution in [0.2, 0.25) is 0 Å². The predicted octanol–water partition coefficient (Wildman–Crippen LogP) is 7.71. The SMILES string of the molecule is C.CC(C)CC[C@@H](C)[C@H]1CC[C@H]2[C@@H]3CC[C@@H]4C[C@H](O)CC[C@]4(C)[C@H]3CC[C@]12C. The van der Waals surface area contributed by atoms with Crippen LogP contribution in [0.1, 0.15) is 113 Å². The molecule has 28 heavy (non-hydrogen) atoms. The van der Waals surface area contributed by atoms with Crippen LogP contribution in [-0.2, 0) is 0 Å². The van der Waals surface area contributed by atoms with Gasteiger partial charge in [-0.3, -0.25) is 0 Å². The van der Waals surface area contributed by atoms with Gasteiger partial charge in [-0.1, -0.05) is 54.9 Å². The standard InChI is InChI=1S/C26H46O.CH4/c1-17(2)6-7-18(3)22-10-11-23-21-9-8-19-16-20(27)12-14-25(19,4)24(21)13-15-26(22,23)5;/h17-24,27H,6-16H2,1-5H3;1H4/t18-,19-,20-,21+,22-,23+,24+,25+,26-;/m1./s1. The largest absolute Gasteiger partial charge is 0.393 e. The van der Waals surface area contributed by atoms with Crippen molar-refractivity contribution in [1.29, 1.82) is 0 Å². The van der Waals surface area contributed by atoms with Gasteiger partial charge in [-0.25, -0.2) is 0 Å². The average molecular weight is 391 g/mol. The molecular formula is C27H50O. The maximum absolute atomic E-state index is 10.2. The summed E-state index contributed by atoms with van der Waals surface area (Å²) in [5.74, 6) is 6.47. The van der Waals surface area contributed by atoms with Gasteiger partial charge in [0, 0.05) is 0 Å². The molecule has 0 saturated heterocycles. The topological polar surface area (TPSA) is 20.2 Å². The Morgan fingerprint density at radius 3 is 2.21 bits per heavy atom. The molecule has 0 radical (unpaired) electrons. The zero-order chi connectivity index (χ0) is 19.4. The molecule has 1 heteroatoms. The summed E-state index contributed by atoms with van der Waals surface area (Å²) < 4.78 is 0. The van der Waals surface area contributed by atoms with Crippen molar-refractivity contribution < 1.29 is 5.11 Å². The summed E-state index contributed by atoms with van der Waals surface area (Å²) in [6.07, 6.45) is 15.1. The van der Waals surface area contributed by atoms with E-state index in [4.69, 9.17) is 0 Å². The van der Waals surface area contributed by atoms with E-state index in [0.717, 1.165) is 54.3 Å². The second kappa shape index (κ2) is 8.24. The van der Waals surface area contributed by atoms with Crippen LogP contribution < -0.4 is 0 Å². The fraction of sp³-hybridized carbons (Fsp3) is 1.00. The first-order valence-electron chi connectivity index (χ1n) is 12.4. The van der Waals surface area contributed by atoms with E-state index >= 15 is 0 Å². The van der Waals surface area contributed by atoms with Gasteiger partial charge in [-0.05, 0) is 110 Å². The van der Waals surface area contributed by atoms with Crippen LogP contribution in [0.5, 0.6) is 0 Å². The van der Waals surface area contributed by atoms with Crippen LogP contribution in [0.25, 0.3) is 0 Å². The number of fused-ring (bicyclic) bond motifs is 5. The third kappa shape index (κ3) is 3.61. The van der Waals surface area contributed by atoms with E-state index in [0.29, 0.717) is 10.8 Å². The summed E-state index contributed by atoms with van der Waals surface area (Å²) in [7, 11) is 0. The highest BCUT2D eigenvalue weighted by Crippen LogP contribution is 2.68. The van der Waals surface area contributed by atoms with Crippen LogP contribution in [0.15, 0.2) is 0 Å². The molecule has 4 rings (SSSR count). The maximum atomic E-state index is 10.2. The fourth-order valence-electron chi connectivity index (χ4n) is 9.01. The molecular weight excluding hydrogens is 340 g/mol. The highest BCUT2D eigenvalue weighted by atomic mass is 16.3. The van der Waals surface area contributed by atoms with Crippen molar-refractivity contribution in [2.75, 3.05) is 0 Å². The molecule has 0 aromatic carbocycles.